The van der Waals surface area contributed by atoms with Gasteiger partial charge in [-0.05, 0) is 37.8 Å². The van der Waals surface area contributed by atoms with Crippen LogP contribution in [-0.2, 0) is 17.1 Å². The van der Waals surface area contributed by atoms with Crippen molar-refractivity contribution in [3.8, 4) is 0 Å². The fourth-order valence-corrected chi connectivity index (χ4v) is 4.24. The molecule has 1 N–H and O–H groups in total. The van der Waals surface area contributed by atoms with Crippen LogP contribution in [0.2, 0.25) is 0 Å². The molecule has 0 aliphatic rings. The molecule has 0 saturated carbocycles. The van der Waals surface area contributed by atoms with Gasteiger partial charge in [0.05, 0.1) is 17.1 Å². The van der Waals surface area contributed by atoms with Crippen molar-refractivity contribution in [2.24, 2.45) is 7.05 Å². The average molecular weight is 321 g/mol. The van der Waals surface area contributed by atoms with E-state index in [1.807, 2.05) is 39.0 Å². The summed E-state index contributed by atoms with van der Waals surface area (Å²) in [6, 6.07) is 5.81. The van der Waals surface area contributed by atoms with E-state index in [4.69, 9.17) is 0 Å². The minimum Gasteiger partial charge on any atom is -0.279 e. The van der Waals surface area contributed by atoms with Crippen molar-refractivity contribution in [1.29, 1.82) is 0 Å². The first-order chi connectivity index (χ1) is 10.1. The van der Waals surface area contributed by atoms with Crippen LogP contribution < -0.4 is 4.72 Å². The summed E-state index contributed by atoms with van der Waals surface area (Å²) < 4.78 is 30.0. The molecule has 0 fully saturated rings. The Balaban J connectivity index is 2.55. The molecule has 0 spiro atoms. The van der Waals surface area contributed by atoms with Gasteiger partial charge in [-0.1, -0.05) is 32.0 Å². The number of nitrogens with zero attached hydrogens (tertiary/aromatic N) is 2. The lowest BCUT2D eigenvalue weighted by Gasteiger charge is -2.17. The van der Waals surface area contributed by atoms with E-state index in [0.29, 0.717) is 17.1 Å². The SMILES string of the molecule is Cc1cccc(C(C)C)c1NS(=O)(=O)c1c(C)nn(C)c1C. The highest BCUT2D eigenvalue weighted by molar-refractivity contribution is 7.92. The zero-order chi connectivity index (χ0) is 16.7. The highest BCUT2D eigenvalue weighted by Crippen LogP contribution is 2.30. The zero-order valence-corrected chi connectivity index (χ0v) is 14.7. The molecule has 2 rings (SSSR count). The first-order valence-corrected chi connectivity index (χ1v) is 8.76. The van der Waals surface area contributed by atoms with Gasteiger partial charge in [-0.25, -0.2) is 8.42 Å². The van der Waals surface area contributed by atoms with Crippen LogP contribution in [0.3, 0.4) is 0 Å². The van der Waals surface area contributed by atoms with Crippen LogP contribution in [0.5, 0.6) is 0 Å². The Morgan fingerprint density at radius 3 is 2.32 bits per heavy atom. The third-order valence-electron chi connectivity index (χ3n) is 3.87. The van der Waals surface area contributed by atoms with Crippen molar-refractivity contribution in [3.05, 3.63) is 40.7 Å². The van der Waals surface area contributed by atoms with Gasteiger partial charge < -0.3 is 0 Å². The normalized spacial score (nSPS) is 12.0. The van der Waals surface area contributed by atoms with Gasteiger partial charge in [-0.2, -0.15) is 5.10 Å². The Bertz CT molecular complexity index is 805. The lowest BCUT2D eigenvalue weighted by molar-refractivity contribution is 0.599. The van der Waals surface area contributed by atoms with Crippen LogP contribution in [-0.4, -0.2) is 18.2 Å². The lowest BCUT2D eigenvalue weighted by Crippen LogP contribution is -2.17. The van der Waals surface area contributed by atoms with Crippen molar-refractivity contribution in [1.82, 2.24) is 9.78 Å². The van der Waals surface area contributed by atoms with E-state index in [1.165, 1.54) is 0 Å². The van der Waals surface area contributed by atoms with E-state index in [9.17, 15) is 8.42 Å². The summed E-state index contributed by atoms with van der Waals surface area (Å²) in [5.41, 5.74) is 3.70. The Labute approximate surface area is 132 Å². The van der Waals surface area contributed by atoms with Gasteiger partial charge in [0.15, 0.2) is 0 Å². The molecule has 1 heterocycles. The predicted octanol–water partition coefficient (Wildman–Crippen LogP) is 3.27. The summed E-state index contributed by atoms with van der Waals surface area (Å²) >= 11 is 0. The van der Waals surface area contributed by atoms with Crippen LogP contribution in [0.25, 0.3) is 0 Å². The summed E-state index contributed by atoms with van der Waals surface area (Å²) in [7, 11) is -1.92. The van der Waals surface area contributed by atoms with Gasteiger partial charge in [-0.15, -0.1) is 0 Å². The average Bonchev–Trinajstić information content (AvgIpc) is 2.65. The second-order valence-electron chi connectivity index (χ2n) is 5.92. The Morgan fingerprint density at radius 1 is 1.18 bits per heavy atom. The number of aryl methyl sites for hydroxylation is 3. The summed E-state index contributed by atoms with van der Waals surface area (Å²) in [5, 5.41) is 4.20. The van der Waals surface area contributed by atoms with Crippen molar-refractivity contribution in [3.63, 3.8) is 0 Å². The third kappa shape index (κ3) is 2.88. The van der Waals surface area contributed by atoms with Crippen molar-refractivity contribution < 1.29 is 8.42 Å². The van der Waals surface area contributed by atoms with Crippen molar-refractivity contribution in [2.45, 2.75) is 45.4 Å². The summed E-state index contributed by atoms with van der Waals surface area (Å²) in [5.74, 6) is 0.230. The number of rotatable bonds is 4. The smallest absolute Gasteiger partial charge is 0.265 e. The molecule has 0 aliphatic heterocycles. The maximum atomic E-state index is 12.8. The number of hydrogen-bond acceptors (Lipinski definition) is 3. The maximum Gasteiger partial charge on any atom is 0.265 e. The van der Waals surface area contributed by atoms with Crippen LogP contribution in [0, 0.1) is 20.8 Å². The Hall–Kier alpha value is -1.82. The van der Waals surface area contributed by atoms with E-state index >= 15 is 0 Å². The van der Waals surface area contributed by atoms with Gasteiger partial charge in [0.25, 0.3) is 10.0 Å². The highest BCUT2D eigenvalue weighted by atomic mass is 32.2. The molecule has 0 unspecified atom stereocenters. The van der Waals surface area contributed by atoms with Crippen LogP contribution in [0.4, 0.5) is 5.69 Å². The fourth-order valence-electron chi connectivity index (χ4n) is 2.64. The molecule has 120 valence electrons. The third-order valence-corrected chi connectivity index (χ3v) is 5.48. The Morgan fingerprint density at radius 2 is 1.82 bits per heavy atom. The second kappa shape index (κ2) is 5.76. The fraction of sp³-hybridized carbons (Fsp3) is 0.438. The van der Waals surface area contributed by atoms with Crippen LogP contribution in [0.15, 0.2) is 23.1 Å². The molecular formula is C16H23N3O2S. The van der Waals surface area contributed by atoms with E-state index < -0.39 is 10.0 Å². The van der Waals surface area contributed by atoms with E-state index in [-0.39, 0.29) is 10.8 Å². The number of para-hydroxylation sites is 1. The Kier molecular flexibility index (Phi) is 4.33. The molecule has 1 aromatic carbocycles. The minimum absolute atomic E-state index is 0.230. The number of anilines is 1. The molecule has 22 heavy (non-hydrogen) atoms. The molecule has 0 radical (unpaired) electrons. The molecule has 2 aromatic rings. The summed E-state index contributed by atoms with van der Waals surface area (Å²) in [6.07, 6.45) is 0. The summed E-state index contributed by atoms with van der Waals surface area (Å²) in [6.45, 7) is 9.48. The van der Waals surface area contributed by atoms with Crippen LogP contribution >= 0.6 is 0 Å². The van der Waals surface area contributed by atoms with Crippen molar-refractivity contribution >= 4 is 15.7 Å². The quantitative estimate of drug-likeness (QED) is 0.940. The molecular weight excluding hydrogens is 298 g/mol. The lowest BCUT2D eigenvalue weighted by atomic mass is 9.99. The predicted molar refractivity (Wildman–Crippen MR) is 88.8 cm³/mol. The topological polar surface area (TPSA) is 64.0 Å². The van der Waals surface area contributed by atoms with Gasteiger partial charge >= 0.3 is 0 Å². The monoisotopic (exact) mass is 321 g/mol. The molecule has 5 nitrogen and oxygen atoms in total. The molecule has 0 atom stereocenters. The second-order valence-corrected chi connectivity index (χ2v) is 7.54. The van der Waals surface area contributed by atoms with Gasteiger partial charge in [0.2, 0.25) is 0 Å². The van der Waals surface area contributed by atoms with Gasteiger partial charge in [0, 0.05) is 7.05 Å². The number of aromatic nitrogens is 2. The molecule has 0 bridgehead atoms. The van der Waals surface area contributed by atoms with Crippen molar-refractivity contribution in [2.75, 3.05) is 4.72 Å². The zero-order valence-electron chi connectivity index (χ0n) is 13.9. The van der Waals surface area contributed by atoms with Gasteiger partial charge in [0.1, 0.15) is 4.90 Å². The molecule has 0 aliphatic carbocycles. The first kappa shape index (κ1) is 16.5. The van der Waals surface area contributed by atoms with E-state index in [1.54, 1.807) is 25.6 Å². The minimum atomic E-state index is -3.67. The number of sulfonamides is 1. The standard InChI is InChI=1S/C16H23N3O2S/c1-10(2)14-9-7-8-11(3)15(14)18-22(20,21)16-12(4)17-19(6)13(16)5/h7-10,18H,1-6H3. The van der Waals surface area contributed by atoms with Gasteiger partial charge in [-0.3, -0.25) is 9.40 Å². The largest absolute Gasteiger partial charge is 0.279 e. The number of benzene rings is 1. The van der Waals surface area contributed by atoms with Crippen LogP contribution in [0.1, 0.15) is 42.3 Å². The van der Waals surface area contributed by atoms with E-state index in [2.05, 4.69) is 9.82 Å². The first-order valence-electron chi connectivity index (χ1n) is 7.27. The maximum absolute atomic E-state index is 12.8. The summed E-state index contributed by atoms with van der Waals surface area (Å²) in [4.78, 5) is 0.257. The van der Waals surface area contributed by atoms with E-state index in [0.717, 1.165) is 11.1 Å². The molecule has 0 amide bonds. The number of hydrogen-bond donors (Lipinski definition) is 1. The molecule has 6 heteroatoms. The molecule has 1 aromatic heterocycles. The molecule has 0 saturated heterocycles. The highest BCUT2D eigenvalue weighted by Gasteiger charge is 2.25. The number of nitrogens with one attached hydrogen (secondary N) is 1.